The second-order valence-electron chi connectivity index (χ2n) is 5.68. The third-order valence-corrected chi connectivity index (χ3v) is 4.77. The lowest BCUT2D eigenvalue weighted by molar-refractivity contribution is -0.129. The van der Waals surface area contributed by atoms with Crippen LogP contribution in [0.3, 0.4) is 0 Å². The zero-order chi connectivity index (χ0) is 14.9. The van der Waals surface area contributed by atoms with Crippen LogP contribution in [-0.2, 0) is 4.79 Å². The summed E-state index contributed by atoms with van der Waals surface area (Å²) in [6, 6.07) is 4.53. The van der Waals surface area contributed by atoms with E-state index >= 15 is 0 Å². The standard InChI is InChI=1S/C14H17ClFNO2S/c1-14(2,8-18)7-17-12(19)6-20-13(17)9-3-4-11(16)10(15)5-9/h3-5,13,18H,6-8H2,1-2H3. The number of nitrogens with zero attached hydrogens (tertiary/aromatic N) is 1. The Labute approximate surface area is 127 Å². The van der Waals surface area contributed by atoms with Gasteiger partial charge < -0.3 is 10.0 Å². The lowest BCUT2D eigenvalue weighted by Crippen LogP contribution is -2.38. The molecule has 1 unspecified atom stereocenters. The molecule has 1 aromatic rings. The first-order valence-corrected chi connectivity index (χ1v) is 7.73. The predicted octanol–water partition coefficient (Wildman–Crippen LogP) is 3.07. The minimum Gasteiger partial charge on any atom is -0.396 e. The minimum atomic E-state index is -0.466. The second kappa shape index (κ2) is 5.92. The van der Waals surface area contributed by atoms with Crippen LogP contribution >= 0.6 is 23.4 Å². The number of thioether (sulfide) groups is 1. The molecule has 20 heavy (non-hydrogen) atoms. The van der Waals surface area contributed by atoms with Gasteiger partial charge in [-0.3, -0.25) is 4.79 Å². The molecule has 0 aliphatic carbocycles. The van der Waals surface area contributed by atoms with Gasteiger partial charge in [0, 0.05) is 18.6 Å². The summed E-state index contributed by atoms with van der Waals surface area (Å²) in [5, 5.41) is 9.25. The normalized spacial score (nSPS) is 19.8. The maximum atomic E-state index is 13.2. The monoisotopic (exact) mass is 317 g/mol. The van der Waals surface area contributed by atoms with Crippen LogP contribution in [-0.4, -0.2) is 34.8 Å². The molecule has 1 atom stereocenters. The molecule has 0 aromatic heterocycles. The van der Waals surface area contributed by atoms with Gasteiger partial charge in [-0.2, -0.15) is 0 Å². The molecule has 0 radical (unpaired) electrons. The number of aliphatic hydroxyl groups excluding tert-OH is 1. The molecule has 1 amide bonds. The molecule has 1 aromatic carbocycles. The molecular weight excluding hydrogens is 301 g/mol. The number of carbonyl (C=O) groups is 1. The molecule has 0 bridgehead atoms. The summed E-state index contributed by atoms with van der Waals surface area (Å²) in [5.41, 5.74) is 0.434. The van der Waals surface area contributed by atoms with E-state index in [1.165, 1.54) is 17.8 Å². The molecule has 1 heterocycles. The number of hydrogen-bond acceptors (Lipinski definition) is 3. The number of carbonyl (C=O) groups excluding carboxylic acids is 1. The van der Waals surface area contributed by atoms with E-state index in [2.05, 4.69) is 0 Å². The highest BCUT2D eigenvalue weighted by Gasteiger charge is 2.36. The second-order valence-corrected chi connectivity index (χ2v) is 7.16. The van der Waals surface area contributed by atoms with E-state index in [-0.39, 0.29) is 28.3 Å². The van der Waals surface area contributed by atoms with E-state index in [4.69, 9.17) is 11.6 Å². The van der Waals surface area contributed by atoms with Crippen molar-refractivity contribution in [3.05, 3.63) is 34.6 Å². The zero-order valence-corrected chi connectivity index (χ0v) is 13.0. The fraction of sp³-hybridized carbons (Fsp3) is 0.500. The molecule has 1 N–H and O–H groups in total. The molecule has 6 heteroatoms. The average molecular weight is 318 g/mol. The first-order valence-electron chi connectivity index (χ1n) is 6.31. The number of benzene rings is 1. The van der Waals surface area contributed by atoms with Crippen LogP contribution in [0.15, 0.2) is 18.2 Å². The Morgan fingerprint density at radius 3 is 2.85 bits per heavy atom. The van der Waals surface area contributed by atoms with E-state index in [0.29, 0.717) is 12.3 Å². The molecule has 1 aliphatic rings. The molecule has 110 valence electrons. The van der Waals surface area contributed by atoms with E-state index in [1.54, 1.807) is 17.0 Å². The molecular formula is C14H17ClFNO2S. The van der Waals surface area contributed by atoms with E-state index in [0.717, 1.165) is 5.56 Å². The summed E-state index contributed by atoms with van der Waals surface area (Å²) in [7, 11) is 0. The molecule has 1 aliphatic heterocycles. The molecule has 3 nitrogen and oxygen atoms in total. The van der Waals surface area contributed by atoms with Crippen LogP contribution in [0.4, 0.5) is 4.39 Å². The van der Waals surface area contributed by atoms with Crippen molar-refractivity contribution in [1.82, 2.24) is 4.90 Å². The Morgan fingerprint density at radius 1 is 1.55 bits per heavy atom. The van der Waals surface area contributed by atoms with Crippen LogP contribution in [0.1, 0.15) is 24.8 Å². The number of halogens is 2. The molecule has 0 saturated carbocycles. The van der Waals surface area contributed by atoms with Crippen LogP contribution < -0.4 is 0 Å². The lowest BCUT2D eigenvalue weighted by atomic mass is 9.94. The van der Waals surface area contributed by atoms with Gasteiger partial charge in [-0.25, -0.2) is 4.39 Å². The number of rotatable bonds is 4. The van der Waals surface area contributed by atoms with Gasteiger partial charge in [-0.15, -0.1) is 11.8 Å². The first kappa shape index (κ1) is 15.6. The molecule has 0 spiro atoms. The van der Waals surface area contributed by atoms with Gasteiger partial charge in [0.15, 0.2) is 0 Å². The van der Waals surface area contributed by atoms with Crippen LogP contribution in [0.5, 0.6) is 0 Å². The summed E-state index contributed by atoms with van der Waals surface area (Å²) in [4.78, 5) is 13.7. The van der Waals surface area contributed by atoms with Gasteiger partial charge in [-0.1, -0.05) is 31.5 Å². The van der Waals surface area contributed by atoms with Gasteiger partial charge in [0.05, 0.1) is 10.8 Å². The largest absolute Gasteiger partial charge is 0.396 e. The van der Waals surface area contributed by atoms with E-state index < -0.39 is 5.82 Å². The Hall–Kier alpha value is -0.780. The minimum absolute atomic E-state index is 0.00165. The Bertz CT molecular complexity index is 524. The summed E-state index contributed by atoms with van der Waals surface area (Å²) >= 11 is 7.30. The van der Waals surface area contributed by atoms with Crippen molar-refractivity contribution in [2.45, 2.75) is 19.2 Å². The SMILES string of the molecule is CC(C)(CO)CN1C(=O)CSC1c1ccc(F)c(Cl)c1. The van der Waals surface area contributed by atoms with Gasteiger partial charge in [0.2, 0.25) is 5.91 Å². The first-order chi connectivity index (χ1) is 9.34. The Kier molecular flexibility index (Phi) is 4.62. The highest BCUT2D eigenvalue weighted by atomic mass is 35.5. The smallest absolute Gasteiger partial charge is 0.233 e. The van der Waals surface area contributed by atoms with Crippen molar-refractivity contribution in [3.63, 3.8) is 0 Å². The van der Waals surface area contributed by atoms with Crippen molar-refractivity contribution in [1.29, 1.82) is 0 Å². The van der Waals surface area contributed by atoms with Crippen LogP contribution in [0.25, 0.3) is 0 Å². The summed E-state index contributed by atoms with van der Waals surface area (Å²) in [5.74, 6) is -0.0461. The fourth-order valence-electron chi connectivity index (χ4n) is 2.08. The maximum absolute atomic E-state index is 13.2. The number of aliphatic hydroxyl groups is 1. The van der Waals surface area contributed by atoms with Crippen molar-refractivity contribution in [2.75, 3.05) is 18.9 Å². The summed E-state index contributed by atoms with van der Waals surface area (Å²) in [6.45, 7) is 4.25. The molecule has 1 fully saturated rings. The maximum Gasteiger partial charge on any atom is 0.233 e. The molecule has 1 saturated heterocycles. The highest BCUT2D eigenvalue weighted by Crippen LogP contribution is 2.41. The average Bonchev–Trinajstić information content (AvgIpc) is 2.74. The Balaban J connectivity index is 2.25. The zero-order valence-electron chi connectivity index (χ0n) is 11.4. The fourth-order valence-corrected chi connectivity index (χ4v) is 3.44. The quantitative estimate of drug-likeness (QED) is 0.928. The topological polar surface area (TPSA) is 40.5 Å². The Morgan fingerprint density at radius 2 is 2.25 bits per heavy atom. The van der Waals surface area contributed by atoms with Gasteiger partial charge in [0.1, 0.15) is 11.2 Å². The summed E-state index contributed by atoms with van der Waals surface area (Å²) in [6.07, 6.45) is 0. The van der Waals surface area contributed by atoms with E-state index in [1.807, 2.05) is 13.8 Å². The molecule has 2 rings (SSSR count). The lowest BCUT2D eigenvalue weighted by Gasteiger charge is -2.32. The van der Waals surface area contributed by atoms with E-state index in [9.17, 15) is 14.3 Å². The third kappa shape index (κ3) is 3.27. The van der Waals surface area contributed by atoms with Crippen molar-refractivity contribution in [2.24, 2.45) is 5.41 Å². The van der Waals surface area contributed by atoms with Crippen LogP contribution in [0.2, 0.25) is 5.02 Å². The van der Waals surface area contributed by atoms with Gasteiger partial charge >= 0.3 is 0 Å². The third-order valence-electron chi connectivity index (χ3n) is 3.22. The highest BCUT2D eigenvalue weighted by molar-refractivity contribution is 8.00. The van der Waals surface area contributed by atoms with Crippen molar-refractivity contribution >= 4 is 29.3 Å². The van der Waals surface area contributed by atoms with Gasteiger partial charge in [-0.05, 0) is 17.7 Å². The predicted molar refractivity (Wildman–Crippen MR) is 79.2 cm³/mol. The van der Waals surface area contributed by atoms with Crippen molar-refractivity contribution < 1.29 is 14.3 Å². The number of amides is 1. The number of hydrogen-bond donors (Lipinski definition) is 1. The van der Waals surface area contributed by atoms with Crippen LogP contribution in [0, 0.1) is 11.2 Å². The van der Waals surface area contributed by atoms with Crippen molar-refractivity contribution in [3.8, 4) is 0 Å². The summed E-state index contributed by atoms with van der Waals surface area (Å²) < 4.78 is 13.2. The van der Waals surface area contributed by atoms with Gasteiger partial charge in [0.25, 0.3) is 0 Å².